The zero-order valence-corrected chi connectivity index (χ0v) is 15.7. The molecule has 0 spiro atoms. The third-order valence-electron chi connectivity index (χ3n) is 5.77. The van der Waals surface area contributed by atoms with Crippen LogP contribution in [-0.2, 0) is 6.42 Å². The summed E-state index contributed by atoms with van der Waals surface area (Å²) in [6.45, 7) is 7.12. The van der Waals surface area contributed by atoms with E-state index in [9.17, 15) is 0 Å². The molecule has 0 saturated heterocycles. The fraction of sp³-hybridized carbons (Fsp3) is 0.360. The molecule has 0 saturated carbocycles. The van der Waals surface area contributed by atoms with E-state index in [4.69, 9.17) is 0 Å². The summed E-state index contributed by atoms with van der Waals surface area (Å²) in [6.07, 6.45) is 5.16. The molecule has 25 heavy (non-hydrogen) atoms. The molecular formula is C25H28. The topological polar surface area (TPSA) is 0 Å². The molecule has 0 N–H and O–H groups in total. The van der Waals surface area contributed by atoms with Crippen LogP contribution in [0.1, 0.15) is 45.6 Å². The van der Waals surface area contributed by atoms with Crippen molar-refractivity contribution in [3.8, 4) is 0 Å². The van der Waals surface area contributed by atoms with Crippen molar-refractivity contribution in [3.63, 3.8) is 0 Å². The monoisotopic (exact) mass is 328 g/mol. The second-order valence-corrected chi connectivity index (χ2v) is 8.02. The summed E-state index contributed by atoms with van der Waals surface area (Å²) in [6, 6.07) is 20.5. The summed E-state index contributed by atoms with van der Waals surface area (Å²) in [5.41, 5.74) is 1.52. The van der Waals surface area contributed by atoms with Crippen LogP contribution in [-0.4, -0.2) is 0 Å². The molecule has 0 aliphatic rings. The van der Waals surface area contributed by atoms with Crippen LogP contribution in [0.3, 0.4) is 0 Å². The standard InChI is InChI=1S/C25H28/c1-4-6-17(2)15-18(3)16-22-12-11-21-10-9-19-7-5-8-20-13-14-23(22)25(21)24(19)20/h5,7-14,17-18H,4,6,15-16H2,1-3H3. The van der Waals surface area contributed by atoms with E-state index in [1.165, 1.54) is 63.6 Å². The lowest BCUT2D eigenvalue weighted by atomic mass is 9.86. The SMILES string of the molecule is CCCC(C)CC(C)Cc1ccc2ccc3cccc4ccc1c2c34. The largest absolute Gasteiger partial charge is 0.0654 e. The van der Waals surface area contributed by atoms with Crippen molar-refractivity contribution in [2.24, 2.45) is 11.8 Å². The van der Waals surface area contributed by atoms with Gasteiger partial charge in [-0.3, -0.25) is 0 Å². The van der Waals surface area contributed by atoms with Gasteiger partial charge in [-0.2, -0.15) is 0 Å². The van der Waals surface area contributed by atoms with Crippen LogP contribution in [0.25, 0.3) is 32.3 Å². The second-order valence-electron chi connectivity index (χ2n) is 8.02. The maximum Gasteiger partial charge on any atom is -0.00240 e. The first kappa shape index (κ1) is 16.4. The quantitative estimate of drug-likeness (QED) is 0.320. The van der Waals surface area contributed by atoms with Gasteiger partial charge in [0.05, 0.1) is 0 Å². The average molecular weight is 328 g/mol. The lowest BCUT2D eigenvalue weighted by molar-refractivity contribution is 0.391. The van der Waals surface area contributed by atoms with Crippen LogP contribution in [0.15, 0.2) is 54.6 Å². The van der Waals surface area contributed by atoms with Crippen LogP contribution >= 0.6 is 0 Å². The third-order valence-corrected chi connectivity index (χ3v) is 5.77. The third kappa shape index (κ3) is 2.99. The van der Waals surface area contributed by atoms with E-state index in [-0.39, 0.29) is 0 Å². The molecule has 0 bridgehead atoms. The lowest BCUT2D eigenvalue weighted by Gasteiger charge is -2.19. The van der Waals surface area contributed by atoms with Gasteiger partial charge in [-0.15, -0.1) is 0 Å². The molecule has 0 radical (unpaired) electrons. The minimum atomic E-state index is 0.736. The predicted molar refractivity (Wildman–Crippen MR) is 112 cm³/mol. The average Bonchev–Trinajstić information content (AvgIpc) is 2.61. The molecule has 0 aliphatic carbocycles. The van der Waals surface area contributed by atoms with E-state index in [1.807, 2.05) is 0 Å². The summed E-state index contributed by atoms with van der Waals surface area (Å²) in [5, 5.41) is 8.44. The van der Waals surface area contributed by atoms with Crippen LogP contribution in [0.4, 0.5) is 0 Å². The minimum Gasteiger partial charge on any atom is -0.0654 e. The van der Waals surface area contributed by atoms with Crippen molar-refractivity contribution < 1.29 is 0 Å². The molecule has 0 fully saturated rings. The maximum absolute atomic E-state index is 2.42. The van der Waals surface area contributed by atoms with Gasteiger partial charge < -0.3 is 0 Å². The molecule has 0 nitrogen and oxygen atoms in total. The van der Waals surface area contributed by atoms with E-state index in [2.05, 4.69) is 75.4 Å². The number of hydrogen-bond acceptors (Lipinski definition) is 0. The van der Waals surface area contributed by atoms with Gasteiger partial charge >= 0.3 is 0 Å². The molecular weight excluding hydrogens is 300 g/mol. The van der Waals surface area contributed by atoms with E-state index in [1.54, 1.807) is 0 Å². The van der Waals surface area contributed by atoms with E-state index >= 15 is 0 Å². The predicted octanol–water partition coefficient (Wildman–Crippen LogP) is 7.59. The van der Waals surface area contributed by atoms with Gasteiger partial charge in [-0.25, -0.2) is 0 Å². The lowest BCUT2D eigenvalue weighted by Crippen LogP contribution is -2.06. The van der Waals surface area contributed by atoms with Crippen molar-refractivity contribution in [1.82, 2.24) is 0 Å². The Morgan fingerprint density at radius 2 is 1.36 bits per heavy atom. The van der Waals surface area contributed by atoms with Crippen molar-refractivity contribution in [2.45, 2.75) is 46.5 Å². The Kier molecular flexibility index (Phi) is 4.37. The summed E-state index contributed by atoms with van der Waals surface area (Å²) < 4.78 is 0. The molecule has 0 heteroatoms. The van der Waals surface area contributed by atoms with E-state index in [0.29, 0.717) is 0 Å². The summed E-state index contributed by atoms with van der Waals surface area (Å²) in [5.74, 6) is 1.57. The molecule has 2 unspecified atom stereocenters. The van der Waals surface area contributed by atoms with E-state index < -0.39 is 0 Å². The van der Waals surface area contributed by atoms with Gasteiger partial charge in [0, 0.05) is 0 Å². The molecule has 2 atom stereocenters. The first-order valence-electron chi connectivity index (χ1n) is 9.82. The van der Waals surface area contributed by atoms with Crippen molar-refractivity contribution >= 4 is 32.3 Å². The van der Waals surface area contributed by atoms with Crippen LogP contribution in [0.2, 0.25) is 0 Å². The molecule has 0 aromatic heterocycles. The Hall–Kier alpha value is -2.08. The normalized spacial score (nSPS) is 14.5. The Balaban J connectivity index is 1.77. The molecule has 4 aromatic carbocycles. The van der Waals surface area contributed by atoms with Gasteiger partial charge in [-0.1, -0.05) is 88.2 Å². The van der Waals surface area contributed by atoms with Crippen molar-refractivity contribution in [2.75, 3.05) is 0 Å². The first-order chi connectivity index (χ1) is 12.2. The molecule has 0 amide bonds. The summed E-state index contributed by atoms with van der Waals surface area (Å²) in [4.78, 5) is 0. The Bertz CT molecular complexity index is 979. The van der Waals surface area contributed by atoms with Crippen LogP contribution in [0.5, 0.6) is 0 Å². The van der Waals surface area contributed by atoms with Crippen molar-refractivity contribution in [3.05, 3.63) is 60.2 Å². The minimum absolute atomic E-state index is 0.736. The van der Waals surface area contributed by atoms with Gasteiger partial charge in [0.2, 0.25) is 0 Å². The van der Waals surface area contributed by atoms with Gasteiger partial charge in [0.1, 0.15) is 0 Å². The highest BCUT2D eigenvalue weighted by Crippen LogP contribution is 2.36. The fourth-order valence-electron chi connectivity index (χ4n) is 4.73. The Morgan fingerprint density at radius 1 is 0.720 bits per heavy atom. The number of benzene rings is 4. The zero-order chi connectivity index (χ0) is 17.4. The highest BCUT2D eigenvalue weighted by atomic mass is 14.2. The smallest absolute Gasteiger partial charge is 0.00240 e. The van der Waals surface area contributed by atoms with Crippen LogP contribution < -0.4 is 0 Å². The summed E-state index contributed by atoms with van der Waals surface area (Å²) >= 11 is 0. The van der Waals surface area contributed by atoms with E-state index in [0.717, 1.165) is 11.8 Å². The number of hydrogen-bond donors (Lipinski definition) is 0. The first-order valence-corrected chi connectivity index (χ1v) is 9.82. The molecule has 0 heterocycles. The molecule has 128 valence electrons. The fourth-order valence-corrected chi connectivity index (χ4v) is 4.73. The molecule has 0 aliphatic heterocycles. The van der Waals surface area contributed by atoms with Crippen molar-refractivity contribution in [1.29, 1.82) is 0 Å². The second kappa shape index (κ2) is 6.67. The van der Waals surface area contributed by atoms with Gasteiger partial charge in [-0.05, 0) is 62.6 Å². The van der Waals surface area contributed by atoms with Gasteiger partial charge in [0.25, 0.3) is 0 Å². The summed E-state index contributed by atoms with van der Waals surface area (Å²) in [7, 11) is 0. The zero-order valence-electron chi connectivity index (χ0n) is 15.7. The van der Waals surface area contributed by atoms with Gasteiger partial charge in [0.15, 0.2) is 0 Å². The Labute approximate surface area is 151 Å². The van der Waals surface area contributed by atoms with Crippen LogP contribution in [0, 0.1) is 11.8 Å². The number of rotatable bonds is 6. The maximum atomic E-state index is 2.42. The Morgan fingerprint density at radius 3 is 2.08 bits per heavy atom. The molecule has 4 rings (SSSR count). The molecule has 4 aromatic rings. The highest BCUT2D eigenvalue weighted by Gasteiger charge is 2.14. The highest BCUT2D eigenvalue weighted by molar-refractivity contribution is 6.23.